The average molecular weight is 448 g/mol. The molecule has 0 aliphatic rings. The molecule has 0 radical (unpaired) electrons. The smallest absolute Gasteiger partial charge is 0.255 e. The zero-order chi connectivity index (χ0) is 21.8. The van der Waals surface area contributed by atoms with Gasteiger partial charge in [-0.25, -0.2) is 4.98 Å². The minimum atomic E-state index is -0.290. The number of thiazole rings is 1. The first kappa shape index (κ1) is 20.8. The largest absolute Gasteiger partial charge is 0.320 e. The van der Waals surface area contributed by atoms with E-state index in [0.29, 0.717) is 27.5 Å². The van der Waals surface area contributed by atoms with Crippen molar-refractivity contribution in [2.24, 2.45) is 0 Å². The fraction of sp³-hybridized carbons (Fsp3) is 0.0417. The number of aromatic nitrogens is 1. The molecule has 0 aliphatic carbocycles. The van der Waals surface area contributed by atoms with E-state index in [1.807, 2.05) is 24.4 Å². The number of para-hydroxylation sites is 2. The quantitative estimate of drug-likeness (QED) is 0.378. The fourth-order valence-corrected chi connectivity index (χ4v) is 3.87. The van der Waals surface area contributed by atoms with E-state index in [0.717, 1.165) is 16.3 Å². The Balaban J connectivity index is 1.48. The Morgan fingerprint density at radius 2 is 1.32 bits per heavy atom. The summed E-state index contributed by atoms with van der Waals surface area (Å²) in [5.74, 6) is -0.559. The van der Waals surface area contributed by atoms with Crippen LogP contribution < -0.4 is 10.6 Å². The number of hydrogen-bond acceptors (Lipinski definition) is 4. The number of amides is 2. The number of carbonyl (C=O) groups excluding carboxylic acids is 2. The molecule has 0 saturated heterocycles. The van der Waals surface area contributed by atoms with Crippen LogP contribution in [0.2, 0.25) is 5.02 Å². The predicted molar refractivity (Wildman–Crippen MR) is 126 cm³/mol. The SMILES string of the molecule is Cc1csc(-c2ccc(C(=O)Nc3ccccc3NC(=O)c3ccc(Cl)cc3)cc2)n1. The van der Waals surface area contributed by atoms with Gasteiger partial charge < -0.3 is 10.6 Å². The van der Waals surface area contributed by atoms with Crippen molar-refractivity contribution in [2.75, 3.05) is 10.6 Å². The zero-order valence-electron chi connectivity index (χ0n) is 16.6. The minimum absolute atomic E-state index is 0.268. The maximum atomic E-state index is 12.8. The van der Waals surface area contributed by atoms with Crippen molar-refractivity contribution < 1.29 is 9.59 Å². The summed E-state index contributed by atoms with van der Waals surface area (Å²) in [6.45, 7) is 1.95. The molecule has 0 spiro atoms. The highest BCUT2D eigenvalue weighted by Gasteiger charge is 2.13. The molecule has 4 aromatic rings. The third kappa shape index (κ3) is 4.99. The van der Waals surface area contributed by atoms with Crippen molar-refractivity contribution in [2.45, 2.75) is 6.92 Å². The highest BCUT2D eigenvalue weighted by atomic mass is 35.5. The third-order valence-electron chi connectivity index (χ3n) is 4.54. The second-order valence-electron chi connectivity index (χ2n) is 6.83. The summed E-state index contributed by atoms with van der Waals surface area (Å²) in [5.41, 5.74) is 3.93. The van der Waals surface area contributed by atoms with Gasteiger partial charge in [-0.05, 0) is 55.5 Å². The Morgan fingerprint density at radius 1 is 0.806 bits per heavy atom. The lowest BCUT2D eigenvalue weighted by atomic mass is 10.1. The van der Waals surface area contributed by atoms with Gasteiger partial charge in [0.2, 0.25) is 0 Å². The fourth-order valence-electron chi connectivity index (χ4n) is 2.94. The van der Waals surface area contributed by atoms with E-state index in [1.165, 1.54) is 0 Å². The van der Waals surface area contributed by atoms with Gasteiger partial charge in [0.15, 0.2) is 0 Å². The van der Waals surface area contributed by atoms with E-state index in [4.69, 9.17) is 11.6 Å². The summed E-state index contributed by atoms with van der Waals surface area (Å²) >= 11 is 7.45. The highest BCUT2D eigenvalue weighted by Crippen LogP contribution is 2.25. The van der Waals surface area contributed by atoms with Crippen LogP contribution in [0.4, 0.5) is 11.4 Å². The Morgan fingerprint density at radius 3 is 1.81 bits per heavy atom. The van der Waals surface area contributed by atoms with Crippen molar-refractivity contribution in [3.05, 3.63) is 100 Å². The number of hydrogen-bond donors (Lipinski definition) is 2. The van der Waals surface area contributed by atoms with Crippen molar-refractivity contribution >= 4 is 46.1 Å². The minimum Gasteiger partial charge on any atom is -0.320 e. The molecule has 0 unspecified atom stereocenters. The molecule has 0 fully saturated rings. The number of carbonyl (C=O) groups is 2. The number of anilines is 2. The number of aryl methyl sites for hydroxylation is 1. The van der Waals surface area contributed by atoms with Crippen molar-refractivity contribution in [3.63, 3.8) is 0 Å². The number of nitrogens with zero attached hydrogens (tertiary/aromatic N) is 1. The van der Waals surface area contributed by atoms with E-state index < -0.39 is 0 Å². The van der Waals surface area contributed by atoms with E-state index in [2.05, 4.69) is 15.6 Å². The topological polar surface area (TPSA) is 71.1 Å². The number of halogens is 1. The summed E-state index contributed by atoms with van der Waals surface area (Å²) in [4.78, 5) is 29.8. The van der Waals surface area contributed by atoms with Crippen LogP contribution in [0.5, 0.6) is 0 Å². The van der Waals surface area contributed by atoms with E-state index in [-0.39, 0.29) is 11.8 Å². The molecule has 0 atom stereocenters. The molecule has 7 heteroatoms. The van der Waals surface area contributed by atoms with Gasteiger partial charge in [0, 0.05) is 32.8 Å². The van der Waals surface area contributed by atoms with Crippen LogP contribution in [0.1, 0.15) is 26.4 Å². The van der Waals surface area contributed by atoms with E-state index in [1.54, 1.807) is 72.0 Å². The standard InChI is InChI=1S/C24H18ClN3O2S/c1-15-14-31-24(26-15)18-8-6-16(7-9-18)22(29)27-20-4-2-3-5-21(20)28-23(30)17-10-12-19(25)13-11-17/h2-14H,1H3,(H,27,29)(H,28,30). The van der Waals surface area contributed by atoms with Crippen LogP contribution >= 0.6 is 22.9 Å². The summed E-state index contributed by atoms with van der Waals surface area (Å²) < 4.78 is 0. The van der Waals surface area contributed by atoms with Crippen LogP contribution in [0.3, 0.4) is 0 Å². The lowest BCUT2D eigenvalue weighted by Crippen LogP contribution is -2.16. The van der Waals surface area contributed by atoms with E-state index >= 15 is 0 Å². The monoisotopic (exact) mass is 447 g/mol. The summed E-state index contributed by atoms with van der Waals surface area (Å²) in [7, 11) is 0. The number of benzene rings is 3. The summed E-state index contributed by atoms with van der Waals surface area (Å²) in [6, 6.07) is 20.9. The van der Waals surface area contributed by atoms with Crippen molar-refractivity contribution in [1.82, 2.24) is 4.98 Å². The molecule has 0 saturated carbocycles. The van der Waals surface area contributed by atoms with Gasteiger partial charge >= 0.3 is 0 Å². The molecular weight excluding hydrogens is 430 g/mol. The first-order valence-corrected chi connectivity index (χ1v) is 10.8. The van der Waals surface area contributed by atoms with Gasteiger partial charge in [0.05, 0.1) is 11.4 Å². The second-order valence-corrected chi connectivity index (χ2v) is 8.13. The molecule has 1 aromatic heterocycles. The first-order chi connectivity index (χ1) is 15.0. The summed E-state index contributed by atoms with van der Waals surface area (Å²) in [6.07, 6.45) is 0. The van der Waals surface area contributed by atoms with Gasteiger partial charge in [-0.3, -0.25) is 9.59 Å². The molecule has 2 amide bonds. The summed E-state index contributed by atoms with van der Waals surface area (Å²) in [5, 5.41) is 9.16. The lowest BCUT2D eigenvalue weighted by molar-refractivity contribution is 0.101. The second kappa shape index (κ2) is 9.12. The molecule has 31 heavy (non-hydrogen) atoms. The zero-order valence-corrected chi connectivity index (χ0v) is 18.1. The third-order valence-corrected chi connectivity index (χ3v) is 5.80. The molecule has 0 aliphatic heterocycles. The Kier molecular flexibility index (Phi) is 6.11. The predicted octanol–water partition coefficient (Wildman–Crippen LogP) is 6.28. The molecule has 5 nitrogen and oxygen atoms in total. The average Bonchev–Trinajstić information content (AvgIpc) is 3.22. The Bertz CT molecular complexity index is 1230. The van der Waals surface area contributed by atoms with Crippen LogP contribution in [0.15, 0.2) is 78.2 Å². The van der Waals surface area contributed by atoms with Gasteiger partial charge in [0.1, 0.15) is 5.01 Å². The first-order valence-electron chi connectivity index (χ1n) is 9.49. The van der Waals surface area contributed by atoms with Gasteiger partial charge in [-0.15, -0.1) is 11.3 Å². The molecule has 4 rings (SSSR count). The van der Waals surface area contributed by atoms with Crippen LogP contribution in [0, 0.1) is 6.92 Å². The van der Waals surface area contributed by atoms with Crippen LogP contribution in [0.25, 0.3) is 10.6 Å². The number of rotatable bonds is 5. The van der Waals surface area contributed by atoms with Crippen LogP contribution in [-0.2, 0) is 0 Å². The van der Waals surface area contributed by atoms with Crippen molar-refractivity contribution in [1.29, 1.82) is 0 Å². The maximum absolute atomic E-state index is 12.8. The molecule has 0 bridgehead atoms. The molecule has 1 heterocycles. The van der Waals surface area contributed by atoms with Gasteiger partial charge in [-0.1, -0.05) is 35.9 Å². The molecule has 3 aromatic carbocycles. The van der Waals surface area contributed by atoms with E-state index in [9.17, 15) is 9.59 Å². The van der Waals surface area contributed by atoms with Crippen LogP contribution in [-0.4, -0.2) is 16.8 Å². The molecule has 2 N–H and O–H groups in total. The maximum Gasteiger partial charge on any atom is 0.255 e. The van der Waals surface area contributed by atoms with Gasteiger partial charge in [-0.2, -0.15) is 0 Å². The Labute approximate surface area is 188 Å². The van der Waals surface area contributed by atoms with Crippen molar-refractivity contribution in [3.8, 4) is 10.6 Å². The normalized spacial score (nSPS) is 10.5. The lowest BCUT2D eigenvalue weighted by Gasteiger charge is -2.12. The molecule has 154 valence electrons. The highest BCUT2D eigenvalue weighted by molar-refractivity contribution is 7.13. The Hall–Kier alpha value is -3.48. The number of nitrogens with one attached hydrogen (secondary N) is 2. The van der Waals surface area contributed by atoms with Gasteiger partial charge in [0.25, 0.3) is 11.8 Å². The molecular formula is C24H18ClN3O2S.